The number of nitrogens with one attached hydrogen (secondary N) is 1. The van der Waals surface area contributed by atoms with E-state index in [1.165, 1.54) is 19.3 Å². The first-order valence-corrected chi connectivity index (χ1v) is 7.47. The lowest BCUT2D eigenvalue weighted by Gasteiger charge is -2.38. The highest BCUT2D eigenvalue weighted by Gasteiger charge is 2.24. The van der Waals surface area contributed by atoms with E-state index in [4.69, 9.17) is 5.73 Å². The summed E-state index contributed by atoms with van der Waals surface area (Å²) < 4.78 is 0. The van der Waals surface area contributed by atoms with Gasteiger partial charge in [-0.25, -0.2) is 0 Å². The summed E-state index contributed by atoms with van der Waals surface area (Å²) in [6.07, 6.45) is 4.31. The van der Waals surface area contributed by atoms with Gasteiger partial charge >= 0.3 is 0 Å². The summed E-state index contributed by atoms with van der Waals surface area (Å²) >= 11 is 0. The van der Waals surface area contributed by atoms with Gasteiger partial charge < -0.3 is 11.1 Å². The average Bonchev–Trinajstić information content (AvgIpc) is 2.38. The second-order valence-electron chi connectivity index (χ2n) is 5.79. The molecule has 1 fully saturated rings. The molecule has 0 spiro atoms. The van der Waals surface area contributed by atoms with Gasteiger partial charge in [0.1, 0.15) is 0 Å². The number of hydrogen-bond acceptors (Lipinski definition) is 3. The highest BCUT2D eigenvalue weighted by atomic mass is 16.1. The van der Waals surface area contributed by atoms with Gasteiger partial charge in [-0.15, -0.1) is 0 Å². The van der Waals surface area contributed by atoms with Crippen LogP contribution >= 0.6 is 0 Å². The zero-order valence-electron chi connectivity index (χ0n) is 12.4. The van der Waals surface area contributed by atoms with Crippen LogP contribution in [0.5, 0.6) is 0 Å². The fraction of sp³-hybridized carbons (Fsp3) is 0.562. The van der Waals surface area contributed by atoms with E-state index in [-0.39, 0.29) is 5.91 Å². The quantitative estimate of drug-likeness (QED) is 0.831. The third-order valence-corrected chi connectivity index (χ3v) is 4.14. The van der Waals surface area contributed by atoms with Gasteiger partial charge in [0, 0.05) is 36.4 Å². The summed E-state index contributed by atoms with van der Waals surface area (Å²) in [5, 5.41) is 2.91. The molecule has 1 heterocycles. The predicted octanol–water partition coefficient (Wildman–Crippen LogP) is 2.86. The van der Waals surface area contributed by atoms with Crippen molar-refractivity contribution >= 4 is 17.3 Å². The zero-order chi connectivity index (χ0) is 14.5. The standard InChI is InChI=1S/C16H25N3O/c1-12-5-3-6-13(2)19(12)10-9-16(20)18-15-8-4-7-14(17)11-15/h4,7-8,11-13H,3,5-6,9-10,17H2,1-2H3,(H,18,20). The van der Waals surface area contributed by atoms with E-state index in [2.05, 4.69) is 24.1 Å². The van der Waals surface area contributed by atoms with E-state index in [0.29, 0.717) is 24.2 Å². The highest BCUT2D eigenvalue weighted by Crippen LogP contribution is 2.22. The van der Waals surface area contributed by atoms with Crippen molar-refractivity contribution in [3.63, 3.8) is 0 Å². The van der Waals surface area contributed by atoms with Crippen LogP contribution in [-0.2, 0) is 4.79 Å². The van der Waals surface area contributed by atoms with Crippen LogP contribution in [0, 0.1) is 0 Å². The maximum Gasteiger partial charge on any atom is 0.225 e. The molecule has 3 N–H and O–H groups in total. The molecule has 1 saturated heterocycles. The Balaban J connectivity index is 1.83. The van der Waals surface area contributed by atoms with Gasteiger partial charge in [0.25, 0.3) is 0 Å². The Morgan fingerprint density at radius 2 is 2.05 bits per heavy atom. The Hall–Kier alpha value is -1.55. The summed E-state index contributed by atoms with van der Waals surface area (Å²) in [4.78, 5) is 14.4. The SMILES string of the molecule is CC1CCCC(C)N1CCC(=O)Nc1cccc(N)c1. The minimum atomic E-state index is 0.0561. The Labute approximate surface area is 121 Å². The molecule has 1 amide bonds. The molecule has 0 saturated carbocycles. The van der Waals surface area contributed by atoms with Gasteiger partial charge in [-0.2, -0.15) is 0 Å². The number of benzene rings is 1. The normalized spacial score (nSPS) is 23.5. The maximum absolute atomic E-state index is 12.0. The molecule has 0 bridgehead atoms. The van der Waals surface area contributed by atoms with Crippen molar-refractivity contribution in [2.24, 2.45) is 0 Å². The van der Waals surface area contributed by atoms with E-state index >= 15 is 0 Å². The van der Waals surface area contributed by atoms with Crippen LogP contribution in [0.1, 0.15) is 39.5 Å². The first-order valence-electron chi connectivity index (χ1n) is 7.47. The maximum atomic E-state index is 12.0. The van der Waals surface area contributed by atoms with Crippen LogP contribution in [-0.4, -0.2) is 29.4 Å². The van der Waals surface area contributed by atoms with Crippen LogP contribution in [0.4, 0.5) is 11.4 Å². The number of nitrogens with zero attached hydrogens (tertiary/aromatic N) is 1. The number of rotatable bonds is 4. The zero-order valence-corrected chi connectivity index (χ0v) is 12.4. The number of amides is 1. The number of nitrogens with two attached hydrogens (primary N) is 1. The molecule has 0 aromatic heterocycles. The van der Waals surface area contributed by atoms with E-state index in [9.17, 15) is 4.79 Å². The van der Waals surface area contributed by atoms with Crippen molar-refractivity contribution in [2.75, 3.05) is 17.6 Å². The molecule has 1 aliphatic rings. The third-order valence-electron chi connectivity index (χ3n) is 4.14. The first-order chi connectivity index (χ1) is 9.56. The van der Waals surface area contributed by atoms with Crippen LogP contribution in [0.15, 0.2) is 24.3 Å². The molecule has 1 aliphatic heterocycles. The van der Waals surface area contributed by atoms with Gasteiger partial charge in [-0.1, -0.05) is 12.5 Å². The molecule has 2 unspecified atom stereocenters. The van der Waals surface area contributed by atoms with Gasteiger partial charge in [0.2, 0.25) is 5.91 Å². The van der Waals surface area contributed by atoms with E-state index in [1.807, 2.05) is 18.2 Å². The van der Waals surface area contributed by atoms with Crippen LogP contribution in [0.3, 0.4) is 0 Å². The molecule has 110 valence electrons. The Morgan fingerprint density at radius 1 is 1.35 bits per heavy atom. The Morgan fingerprint density at radius 3 is 2.70 bits per heavy atom. The van der Waals surface area contributed by atoms with E-state index in [1.54, 1.807) is 6.07 Å². The van der Waals surface area contributed by atoms with Gasteiger partial charge in [0.15, 0.2) is 0 Å². The number of anilines is 2. The summed E-state index contributed by atoms with van der Waals surface area (Å²) in [5.41, 5.74) is 7.14. The lowest BCUT2D eigenvalue weighted by Crippen LogP contribution is -2.44. The minimum Gasteiger partial charge on any atom is -0.399 e. The molecule has 1 aromatic carbocycles. The Kier molecular flexibility index (Phi) is 5.01. The number of carbonyl (C=O) groups excluding carboxylic acids is 1. The number of likely N-dealkylation sites (tertiary alicyclic amines) is 1. The molecular formula is C16H25N3O. The van der Waals surface area contributed by atoms with Crippen molar-refractivity contribution in [1.82, 2.24) is 4.90 Å². The van der Waals surface area contributed by atoms with Crippen molar-refractivity contribution in [3.05, 3.63) is 24.3 Å². The summed E-state index contributed by atoms with van der Waals surface area (Å²) in [7, 11) is 0. The van der Waals surface area contributed by atoms with Crippen LogP contribution in [0.25, 0.3) is 0 Å². The van der Waals surface area contributed by atoms with Crippen molar-refractivity contribution in [1.29, 1.82) is 0 Å². The summed E-state index contributed by atoms with van der Waals surface area (Å²) in [6, 6.07) is 8.47. The number of piperidine rings is 1. The number of hydrogen-bond donors (Lipinski definition) is 2. The van der Waals surface area contributed by atoms with E-state index < -0.39 is 0 Å². The predicted molar refractivity (Wildman–Crippen MR) is 83.6 cm³/mol. The second-order valence-corrected chi connectivity index (χ2v) is 5.79. The molecule has 20 heavy (non-hydrogen) atoms. The van der Waals surface area contributed by atoms with Crippen LogP contribution < -0.4 is 11.1 Å². The lowest BCUT2D eigenvalue weighted by atomic mass is 9.97. The van der Waals surface area contributed by atoms with Crippen molar-refractivity contribution in [3.8, 4) is 0 Å². The molecule has 1 aromatic rings. The minimum absolute atomic E-state index is 0.0561. The highest BCUT2D eigenvalue weighted by molar-refractivity contribution is 5.91. The molecule has 4 nitrogen and oxygen atoms in total. The van der Waals surface area contributed by atoms with Crippen molar-refractivity contribution < 1.29 is 4.79 Å². The smallest absolute Gasteiger partial charge is 0.225 e. The third kappa shape index (κ3) is 3.97. The number of nitrogen functional groups attached to an aromatic ring is 1. The summed E-state index contributed by atoms with van der Waals surface area (Å²) in [6.45, 7) is 5.34. The largest absolute Gasteiger partial charge is 0.399 e. The van der Waals surface area contributed by atoms with Crippen LogP contribution in [0.2, 0.25) is 0 Å². The van der Waals surface area contributed by atoms with Crippen molar-refractivity contribution in [2.45, 2.75) is 51.6 Å². The van der Waals surface area contributed by atoms with Gasteiger partial charge in [-0.3, -0.25) is 9.69 Å². The fourth-order valence-electron chi connectivity index (χ4n) is 2.99. The Bertz CT molecular complexity index is 451. The molecule has 2 atom stereocenters. The van der Waals surface area contributed by atoms with Gasteiger partial charge in [-0.05, 0) is 44.9 Å². The first kappa shape index (κ1) is 14.9. The summed E-state index contributed by atoms with van der Waals surface area (Å²) in [5.74, 6) is 0.0561. The average molecular weight is 275 g/mol. The monoisotopic (exact) mass is 275 g/mol. The number of carbonyl (C=O) groups is 1. The fourth-order valence-corrected chi connectivity index (χ4v) is 2.99. The second kappa shape index (κ2) is 6.75. The molecule has 4 heteroatoms. The lowest BCUT2D eigenvalue weighted by molar-refractivity contribution is -0.116. The molecule has 0 aliphatic carbocycles. The molecular weight excluding hydrogens is 250 g/mol. The van der Waals surface area contributed by atoms with Gasteiger partial charge in [0.05, 0.1) is 0 Å². The molecule has 2 rings (SSSR count). The molecule has 0 radical (unpaired) electrons. The van der Waals surface area contributed by atoms with E-state index in [0.717, 1.165) is 12.2 Å². The topological polar surface area (TPSA) is 58.4 Å².